The van der Waals surface area contributed by atoms with Crippen molar-refractivity contribution in [2.45, 2.75) is 0 Å². The first-order valence-electron chi connectivity index (χ1n) is 13.3. The van der Waals surface area contributed by atoms with Crippen LogP contribution in [0, 0.1) is 0 Å². The van der Waals surface area contributed by atoms with Crippen LogP contribution in [0.1, 0.15) is 0 Å². The van der Waals surface area contributed by atoms with E-state index in [0.717, 1.165) is 5.33 Å². The summed E-state index contributed by atoms with van der Waals surface area (Å²) in [5, 5.41) is 4.20. The van der Waals surface area contributed by atoms with Crippen LogP contribution in [0.3, 0.4) is 0 Å². The molecule has 0 aliphatic rings. The van der Waals surface area contributed by atoms with E-state index in [1.165, 1.54) is 0 Å². The smallest absolute Gasteiger partial charge is 0.0701 e. The minimum atomic E-state index is 0.330. The Labute approximate surface area is 240 Å². The molecule has 0 unspecified atom stereocenters. The second-order valence-electron chi connectivity index (χ2n) is 7.38. The molecule has 14 nitrogen and oxygen atoms in total. The van der Waals surface area contributed by atoms with Crippen LogP contribution in [-0.4, -0.2) is 157 Å². The first-order chi connectivity index (χ1) is 19.4. The maximum Gasteiger partial charge on any atom is 0.0701 e. The fraction of sp³-hybridized carbons (Fsp3) is 1.00. The SMILES string of the molecule is [N-]=[N+]=NCCOCCOCCOCCOCCOCCOCCOCCOCCOCCOCCOCCBr. The molecule has 232 valence electrons. The summed E-state index contributed by atoms with van der Waals surface area (Å²) in [4.78, 5) is 2.64. The maximum absolute atomic E-state index is 8.12. The van der Waals surface area contributed by atoms with Gasteiger partial charge in [-0.3, -0.25) is 0 Å². The van der Waals surface area contributed by atoms with Crippen molar-refractivity contribution in [3.63, 3.8) is 0 Å². The van der Waals surface area contributed by atoms with Crippen LogP contribution >= 0.6 is 15.9 Å². The van der Waals surface area contributed by atoms with E-state index in [9.17, 15) is 0 Å². The Morgan fingerprint density at radius 3 is 0.769 bits per heavy atom. The number of alkyl halides is 1. The molecule has 0 fully saturated rings. The van der Waals surface area contributed by atoms with Crippen LogP contribution in [0.15, 0.2) is 5.11 Å². The van der Waals surface area contributed by atoms with Gasteiger partial charge in [-0.15, -0.1) is 0 Å². The molecule has 0 heterocycles. The van der Waals surface area contributed by atoms with E-state index in [1.807, 2.05) is 0 Å². The van der Waals surface area contributed by atoms with Crippen LogP contribution in [0.2, 0.25) is 0 Å². The van der Waals surface area contributed by atoms with E-state index in [0.29, 0.717) is 152 Å². The van der Waals surface area contributed by atoms with Gasteiger partial charge < -0.3 is 52.1 Å². The molecule has 39 heavy (non-hydrogen) atoms. The lowest BCUT2D eigenvalue weighted by Gasteiger charge is -2.09. The van der Waals surface area contributed by atoms with E-state index in [-0.39, 0.29) is 0 Å². The first-order valence-corrected chi connectivity index (χ1v) is 14.5. The quantitative estimate of drug-likeness (QED) is 0.0331. The molecule has 0 aromatic heterocycles. The summed E-state index contributed by atoms with van der Waals surface area (Å²) in [6, 6.07) is 0. The molecule has 0 aromatic rings. The molecule has 0 spiro atoms. The molecular formula is C24H48BrN3O11. The highest BCUT2D eigenvalue weighted by molar-refractivity contribution is 9.09. The molecule has 0 rings (SSSR count). The third-order valence-corrected chi connectivity index (χ3v) is 4.66. The van der Waals surface area contributed by atoms with E-state index in [2.05, 4.69) is 26.0 Å². The summed E-state index contributed by atoms with van der Waals surface area (Å²) in [7, 11) is 0. The number of nitrogens with zero attached hydrogens (tertiary/aromatic N) is 3. The fourth-order valence-electron chi connectivity index (χ4n) is 2.51. The zero-order valence-corrected chi connectivity index (χ0v) is 24.8. The van der Waals surface area contributed by atoms with Gasteiger partial charge in [0, 0.05) is 16.8 Å². The van der Waals surface area contributed by atoms with Crippen molar-refractivity contribution >= 4 is 15.9 Å². The summed E-state index contributed by atoms with van der Waals surface area (Å²) in [6.45, 7) is 11.7. The Hall–Kier alpha value is -0.650. The normalized spacial score (nSPS) is 11.2. The Bertz CT molecular complexity index is 510. The van der Waals surface area contributed by atoms with Gasteiger partial charge in [-0.05, 0) is 5.53 Å². The number of rotatable bonds is 35. The van der Waals surface area contributed by atoms with E-state index in [1.54, 1.807) is 0 Å². The third-order valence-electron chi connectivity index (χ3n) is 4.34. The summed E-state index contributed by atoms with van der Waals surface area (Å²) in [5.74, 6) is 0. The van der Waals surface area contributed by atoms with Crippen molar-refractivity contribution < 1.29 is 52.1 Å². The predicted molar refractivity (Wildman–Crippen MR) is 147 cm³/mol. The lowest BCUT2D eigenvalue weighted by Crippen LogP contribution is -2.15. The van der Waals surface area contributed by atoms with Crippen LogP contribution in [0.25, 0.3) is 10.4 Å². The highest BCUT2D eigenvalue weighted by Gasteiger charge is 1.96. The lowest BCUT2D eigenvalue weighted by atomic mass is 10.6. The van der Waals surface area contributed by atoms with Gasteiger partial charge in [0.15, 0.2) is 0 Å². The zero-order valence-electron chi connectivity index (χ0n) is 23.2. The van der Waals surface area contributed by atoms with Gasteiger partial charge in [0.1, 0.15) is 0 Å². The minimum absolute atomic E-state index is 0.330. The highest BCUT2D eigenvalue weighted by atomic mass is 79.9. The summed E-state index contributed by atoms with van der Waals surface area (Å²) in [5.41, 5.74) is 8.12. The van der Waals surface area contributed by atoms with Crippen molar-refractivity contribution in [3.05, 3.63) is 10.4 Å². The van der Waals surface area contributed by atoms with E-state index >= 15 is 0 Å². The first kappa shape index (κ1) is 38.4. The van der Waals surface area contributed by atoms with Crippen LogP contribution in [0.4, 0.5) is 0 Å². The van der Waals surface area contributed by atoms with Crippen LogP contribution in [-0.2, 0) is 52.1 Å². The monoisotopic (exact) mass is 633 g/mol. The molecule has 0 bridgehead atoms. The minimum Gasteiger partial charge on any atom is -0.379 e. The highest BCUT2D eigenvalue weighted by Crippen LogP contribution is 1.87. The number of hydrogen-bond acceptors (Lipinski definition) is 12. The molecule has 0 saturated carbocycles. The van der Waals surface area contributed by atoms with Gasteiger partial charge in [0.05, 0.1) is 145 Å². The Kier molecular flexibility index (Phi) is 36.7. The molecule has 0 aromatic carbocycles. The largest absolute Gasteiger partial charge is 0.379 e. The predicted octanol–water partition coefficient (Wildman–Crippen LogP) is 1.87. The summed E-state index contributed by atoms with van der Waals surface area (Å²) < 4.78 is 59.3. The summed E-state index contributed by atoms with van der Waals surface area (Å²) >= 11 is 3.29. The fourth-order valence-corrected chi connectivity index (χ4v) is 2.73. The van der Waals surface area contributed by atoms with Gasteiger partial charge in [-0.2, -0.15) is 0 Å². The van der Waals surface area contributed by atoms with Gasteiger partial charge in [-0.25, -0.2) is 0 Å². The lowest BCUT2D eigenvalue weighted by molar-refractivity contribution is -0.0273. The van der Waals surface area contributed by atoms with Crippen molar-refractivity contribution in [1.82, 2.24) is 0 Å². The van der Waals surface area contributed by atoms with Crippen molar-refractivity contribution in [2.24, 2.45) is 5.11 Å². The van der Waals surface area contributed by atoms with Gasteiger partial charge in [0.2, 0.25) is 0 Å². The number of hydrogen-bond donors (Lipinski definition) is 0. The maximum atomic E-state index is 8.12. The van der Waals surface area contributed by atoms with Crippen molar-refractivity contribution in [1.29, 1.82) is 0 Å². The summed E-state index contributed by atoms with van der Waals surface area (Å²) in [6.07, 6.45) is 0. The van der Waals surface area contributed by atoms with Crippen molar-refractivity contribution in [3.8, 4) is 0 Å². The molecule has 0 radical (unpaired) electrons. The molecule has 0 saturated heterocycles. The second-order valence-corrected chi connectivity index (χ2v) is 8.17. The van der Waals surface area contributed by atoms with Crippen molar-refractivity contribution in [2.75, 3.05) is 157 Å². The molecule has 0 N–H and O–H groups in total. The molecular weight excluding hydrogens is 586 g/mol. The number of azide groups is 1. The average Bonchev–Trinajstić information content (AvgIpc) is 2.95. The standard InChI is InChI=1S/C24H48BrN3O11/c25-1-3-29-5-7-31-9-11-33-13-15-35-17-19-37-21-23-39-24-22-38-20-18-36-16-14-34-12-10-32-8-6-30-4-2-27-28-26/h1-24H2. The average molecular weight is 635 g/mol. The van der Waals surface area contributed by atoms with Gasteiger partial charge in [-0.1, -0.05) is 21.0 Å². The Morgan fingerprint density at radius 2 is 0.564 bits per heavy atom. The third kappa shape index (κ3) is 37.4. The Morgan fingerprint density at radius 1 is 0.359 bits per heavy atom. The molecule has 0 atom stereocenters. The molecule has 0 amide bonds. The van der Waals surface area contributed by atoms with Crippen LogP contribution < -0.4 is 0 Å². The molecule has 0 aliphatic heterocycles. The van der Waals surface area contributed by atoms with E-state index in [4.69, 9.17) is 57.6 Å². The second kappa shape index (κ2) is 37.4. The van der Waals surface area contributed by atoms with Gasteiger partial charge in [0.25, 0.3) is 0 Å². The van der Waals surface area contributed by atoms with Crippen LogP contribution in [0.5, 0.6) is 0 Å². The Balaban J connectivity index is 3.02. The van der Waals surface area contributed by atoms with Gasteiger partial charge >= 0.3 is 0 Å². The molecule has 0 aliphatic carbocycles. The zero-order chi connectivity index (χ0) is 28.2. The number of halogens is 1. The topological polar surface area (TPSA) is 150 Å². The van der Waals surface area contributed by atoms with E-state index < -0.39 is 0 Å². The molecule has 15 heteroatoms. The number of ether oxygens (including phenoxy) is 11.